The number of benzene rings is 1. The summed E-state index contributed by atoms with van der Waals surface area (Å²) in [7, 11) is 0. The van der Waals surface area contributed by atoms with Crippen molar-refractivity contribution in [3.63, 3.8) is 0 Å². The molecule has 148 valence electrons. The average Bonchev–Trinajstić information content (AvgIpc) is 3.12. The van der Waals surface area contributed by atoms with E-state index in [4.69, 9.17) is 0 Å². The minimum Gasteiger partial charge on any atom is -0.322 e. The van der Waals surface area contributed by atoms with Crippen molar-refractivity contribution in [1.82, 2.24) is 20.9 Å². The van der Waals surface area contributed by atoms with Crippen LogP contribution in [0.25, 0.3) is 0 Å². The van der Waals surface area contributed by atoms with Crippen molar-refractivity contribution in [3.05, 3.63) is 34.9 Å². The van der Waals surface area contributed by atoms with Crippen molar-refractivity contribution < 1.29 is 14.4 Å². The van der Waals surface area contributed by atoms with Crippen molar-refractivity contribution in [2.75, 3.05) is 6.54 Å². The lowest BCUT2D eigenvalue weighted by Gasteiger charge is -2.29. The Kier molecular flexibility index (Phi) is 4.25. The molecule has 2 saturated heterocycles. The Labute approximate surface area is 164 Å². The number of nitrogens with one attached hydrogen (secondary N) is 3. The highest BCUT2D eigenvalue weighted by atomic mass is 16.2. The Morgan fingerprint density at radius 2 is 2.04 bits per heavy atom. The molecule has 2 unspecified atom stereocenters. The van der Waals surface area contributed by atoms with Crippen LogP contribution in [0.3, 0.4) is 0 Å². The lowest BCUT2D eigenvalue weighted by atomic mass is 10.0. The third kappa shape index (κ3) is 3.02. The van der Waals surface area contributed by atoms with Crippen LogP contribution in [0, 0.1) is 0 Å². The van der Waals surface area contributed by atoms with Gasteiger partial charge >= 0.3 is 0 Å². The molecule has 3 aliphatic heterocycles. The molecule has 0 aromatic heterocycles. The van der Waals surface area contributed by atoms with Gasteiger partial charge in [-0.15, -0.1) is 0 Å². The van der Waals surface area contributed by atoms with Crippen molar-refractivity contribution in [2.24, 2.45) is 0 Å². The summed E-state index contributed by atoms with van der Waals surface area (Å²) in [5.41, 5.74) is 3.05. The van der Waals surface area contributed by atoms with E-state index in [0.717, 1.165) is 18.7 Å². The van der Waals surface area contributed by atoms with E-state index in [9.17, 15) is 14.4 Å². The van der Waals surface area contributed by atoms with Crippen LogP contribution in [-0.4, -0.2) is 46.8 Å². The highest BCUT2D eigenvalue weighted by molar-refractivity contribution is 6.05. The zero-order chi connectivity index (χ0) is 19.3. The van der Waals surface area contributed by atoms with E-state index in [-0.39, 0.29) is 29.7 Å². The molecular formula is C21H26N4O3. The fraction of sp³-hybridized carbons (Fsp3) is 0.571. The molecule has 3 fully saturated rings. The van der Waals surface area contributed by atoms with E-state index < -0.39 is 6.04 Å². The number of hydrogen-bond acceptors (Lipinski definition) is 5. The van der Waals surface area contributed by atoms with E-state index in [0.29, 0.717) is 24.6 Å². The number of carbonyl (C=O) groups is 3. The standard InChI is InChI=1S/C21H26N4O3/c26-18-6-5-16(19(27)24-18)25-12-14-10-13(3-4-15(14)20(25)28)11-23-21(7-8-21)17-2-1-9-22-17/h3-4,10,16-17,22-23H,1-2,5-9,11-12H2,(H,24,26,27). The van der Waals surface area contributed by atoms with Gasteiger partial charge in [0, 0.05) is 36.7 Å². The van der Waals surface area contributed by atoms with Crippen LogP contribution in [-0.2, 0) is 22.7 Å². The van der Waals surface area contributed by atoms with Gasteiger partial charge in [0.2, 0.25) is 11.8 Å². The third-order valence-electron chi connectivity index (χ3n) is 6.75. The minimum atomic E-state index is -0.553. The lowest BCUT2D eigenvalue weighted by molar-refractivity contribution is -0.136. The molecule has 0 radical (unpaired) electrons. The Bertz CT molecular complexity index is 842. The molecule has 28 heavy (non-hydrogen) atoms. The Balaban J connectivity index is 1.27. The first-order valence-electron chi connectivity index (χ1n) is 10.3. The molecule has 4 aliphatic rings. The first kappa shape index (κ1) is 17.8. The van der Waals surface area contributed by atoms with E-state index >= 15 is 0 Å². The first-order chi connectivity index (χ1) is 13.6. The molecule has 3 heterocycles. The third-order valence-corrected chi connectivity index (χ3v) is 6.75. The molecule has 7 heteroatoms. The fourth-order valence-corrected chi connectivity index (χ4v) is 4.96. The van der Waals surface area contributed by atoms with Gasteiger partial charge in [0.25, 0.3) is 5.91 Å². The number of imide groups is 1. The summed E-state index contributed by atoms with van der Waals surface area (Å²) >= 11 is 0. The maximum absolute atomic E-state index is 12.8. The van der Waals surface area contributed by atoms with Crippen molar-refractivity contribution in [2.45, 2.75) is 69.2 Å². The molecular weight excluding hydrogens is 356 g/mol. The molecule has 0 bridgehead atoms. The maximum atomic E-state index is 12.8. The van der Waals surface area contributed by atoms with E-state index in [1.54, 1.807) is 4.90 Å². The average molecular weight is 382 g/mol. The summed E-state index contributed by atoms with van der Waals surface area (Å²) in [5, 5.41) is 9.72. The second kappa shape index (κ2) is 6.67. The number of amides is 3. The van der Waals surface area contributed by atoms with Gasteiger partial charge in [-0.05, 0) is 55.8 Å². The molecule has 1 aliphatic carbocycles. The van der Waals surface area contributed by atoms with Gasteiger partial charge in [0.1, 0.15) is 6.04 Å². The van der Waals surface area contributed by atoms with Crippen LogP contribution in [0.2, 0.25) is 0 Å². The van der Waals surface area contributed by atoms with Gasteiger partial charge in [-0.2, -0.15) is 0 Å². The molecule has 1 aromatic rings. The molecule has 1 saturated carbocycles. The molecule has 5 rings (SSSR count). The van der Waals surface area contributed by atoms with Crippen LogP contribution >= 0.6 is 0 Å². The van der Waals surface area contributed by atoms with E-state index in [1.807, 2.05) is 12.1 Å². The lowest BCUT2D eigenvalue weighted by Crippen LogP contribution is -2.52. The predicted molar refractivity (Wildman–Crippen MR) is 102 cm³/mol. The largest absolute Gasteiger partial charge is 0.322 e. The predicted octanol–water partition coefficient (Wildman–Crippen LogP) is 0.822. The van der Waals surface area contributed by atoms with Gasteiger partial charge in [-0.3, -0.25) is 19.7 Å². The number of carbonyl (C=O) groups excluding carboxylic acids is 3. The number of piperidine rings is 1. The number of hydrogen-bond donors (Lipinski definition) is 3. The quantitative estimate of drug-likeness (QED) is 0.656. The SMILES string of the molecule is O=C1CCC(N2Cc3cc(CNC4(C5CCCN5)CC4)ccc3C2=O)C(=O)N1. The second-order valence-corrected chi connectivity index (χ2v) is 8.55. The number of rotatable bonds is 5. The summed E-state index contributed by atoms with van der Waals surface area (Å²) < 4.78 is 0. The van der Waals surface area contributed by atoms with Crippen LogP contribution in [0.4, 0.5) is 0 Å². The highest BCUT2D eigenvalue weighted by Crippen LogP contribution is 2.42. The summed E-state index contributed by atoms with van der Waals surface area (Å²) in [6.45, 7) is 2.34. The molecule has 7 nitrogen and oxygen atoms in total. The van der Waals surface area contributed by atoms with Crippen LogP contribution in [0.15, 0.2) is 18.2 Å². The van der Waals surface area contributed by atoms with E-state index in [1.165, 1.54) is 31.2 Å². The summed E-state index contributed by atoms with van der Waals surface area (Å²) in [5.74, 6) is -0.735. The Hall–Kier alpha value is -2.25. The second-order valence-electron chi connectivity index (χ2n) is 8.55. The Morgan fingerprint density at radius 1 is 1.18 bits per heavy atom. The molecule has 3 amide bonds. The van der Waals surface area contributed by atoms with Crippen LogP contribution < -0.4 is 16.0 Å². The first-order valence-corrected chi connectivity index (χ1v) is 10.3. The summed E-state index contributed by atoms with van der Waals surface area (Å²) in [6.07, 6.45) is 5.62. The molecule has 2 atom stereocenters. The number of nitrogens with zero attached hydrogens (tertiary/aromatic N) is 1. The highest BCUT2D eigenvalue weighted by Gasteiger charge is 2.49. The zero-order valence-corrected chi connectivity index (χ0v) is 15.9. The number of fused-ring (bicyclic) bond motifs is 1. The van der Waals surface area contributed by atoms with Crippen LogP contribution in [0.1, 0.15) is 60.0 Å². The van der Waals surface area contributed by atoms with Crippen molar-refractivity contribution in [1.29, 1.82) is 0 Å². The Morgan fingerprint density at radius 3 is 2.75 bits per heavy atom. The van der Waals surface area contributed by atoms with Gasteiger partial charge in [-0.25, -0.2) is 0 Å². The van der Waals surface area contributed by atoms with E-state index in [2.05, 4.69) is 22.0 Å². The molecule has 1 aromatic carbocycles. The normalized spacial score (nSPS) is 28.4. The fourth-order valence-electron chi connectivity index (χ4n) is 4.96. The molecule has 3 N–H and O–H groups in total. The van der Waals surface area contributed by atoms with Crippen molar-refractivity contribution >= 4 is 17.7 Å². The van der Waals surface area contributed by atoms with Crippen molar-refractivity contribution in [3.8, 4) is 0 Å². The maximum Gasteiger partial charge on any atom is 0.255 e. The minimum absolute atomic E-state index is 0.113. The monoisotopic (exact) mass is 382 g/mol. The van der Waals surface area contributed by atoms with Gasteiger partial charge in [0.05, 0.1) is 0 Å². The van der Waals surface area contributed by atoms with Gasteiger partial charge < -0.3 is 15.5 Å². The van der Waals surface area contributed by atoms with Gasteiger partial charge in [-0.1, -0.05) is 12.1 Å². The topological polar surface area (TPSA) is 90.5 Å². The zero-order valence-electron chi connectivity index (χ0n) is 15.9. The smallest absolute Gasteiger partial charge is 0.255 e. The molecule has 0 spiro atoms. The van der Waals surface area contributed by atoms with Gasteiger partial charge in [0.15, 0.2) is 0 Å². The van der Waals surface area contributed by atoms with Crippen LogP contribution in [0.5, 0.6) is 0 Å². The summed E-state index contributed by atoms with van der Waals surface area (Å²) in [6, 6.07) is 6.00. The summed E-state index contributed by atoms with van der Waals surface area (Å²) in [4.78, 5) is 37.9.